The Kier molecular flexibility index (Phi) is 4.09. The number of sulfone groups is 1. The van der Waals surface area contributed by atoms with Crippen LogP contribution in [0, 0.1) is 0 Å². The molecule has 0 heterocycles. The fraction of sp³-hybridized carbons (Fsp3) is 0.300. The van der Waals surface area contributed by atoms with Crippen molar-refractivity contribution >= 4 is 31.6 Å². The first-order chi connectivity index (χ1) is 7.33. The fourth-order valence-corrected chi connectivity index (χ4v) is 2.38. The molecule has 0 aliphatic heterocycles. The highest BCUT2D eigenvalue weighted by Gasteiger charge is 2.16. The molecule has 4 nitrogen and oxygen atoms in total. The van der Waals surface area contributed by atoms with E-state index in [4.69, 9.17) is 4.74 Å². The number of methoxy groups -OCH3 is 1. The van der Waals surface area contributed by atoms with Gasteiger partial charge in [0.1, 0.15) is 11.5 Å². The molecule has 1 aromatic rings. The molecule has 0 fully saturated rings. The molecule has 0 radical (unpaired) electrons. The summed E-state index contributed by atoms with van der Waals surface area (Å²) in [7, 11) is -1.79. The van der Waals surface area contributed by atoms with Crippen LogP contribution in [0.2, 0.25) is 0 Å². The van der Waals surface area contributed by atoms with Gasteiger partial charge in [0.2, 0.25) is 0 Å². The second-order valence-corrected chi connectivity index (χ2v) is 6.33. The van der Waals surface area contributed by atoms with Gasteiger partial charge in [-0.25, -0.2) is 8.42 Å². The third kappa shape index (κ3) is 3.61. The van der Waals surface area contributed by atoms with E-state index in [2.05, 4.69) is 15.9 Å². The lowest BCUT2D eigenvalue weighted by Crippen LogP contribution is -2.15. The molecule has 1 rings (SSSR count). The minimum Gasteiger partial charge on any atom is -0.497 e. The van der Waals surface area contributed by atoms with Gasteiger partial charge in [-0.3, -0.25) is 4.79 Å². The Balaban J connectivity index is 3.01. The molecule has 0 saturated heterocycles. The number of halogens is 1. The lowest BCUT2D eigenvalue weighted by molar-refractivity contribution is 0.102. The number of hydrogen-bond acceptors (Lipinski definition) is 4. The number of benzene rings is 1. The van der Waals surface area contributed by atoms with Crippen LogP contribution in [0.15, 0.2) is 22.7 Å². The Labute approximate surface area is 103 Å². The van der Waals surface area contributed by atoms with Crippen LogP contribution in [0.25, 0.3) is 0 Å². The van der Waals surface area contributed by atoms with Crippen molar-refractivity contribution in [2.45, 2.75) is 0 Å². The molecule has 0 amide bonds. The van der Waals surface area contributed by atoms with Crippen LogP contribution in [0.5, 0.6) is 5.75 Å². The Bertz CT molecular complexity index is 508. The average Bonchev–Trinajstić information content (AvgIpc) is 2.14. The van der Waals surface area contributed by atoms with Crippen LogP contribution < -0.4 is 4.74 Å². The highest BCUT2D eigenvalue weighted by atomic mass is 79.9. The summed E-state index contributed by atoms with van der Waals surface area (Å²) in [4.78, 5) is 11.6. The highest BCUT2D eigenvalue weighted by molar-refractivity contribution is 9.10. The molecule has 0 aliphatic rings. The van der Waals surface area contributed by atoms with E-state index in [9.17, 15) is 13.2 Å². The normalized spacial score (nSPS) is 11.2. The van der Waals surface area contributed by atoms with Gasteiger partial charge in [-0.05, 0) is 34.1 Å². The molecule has 0 saturated carbocycles. The van der Waals surface area contributed by atoms with E-state index in [-0.39, 0.29) is 0 Å². The number of hydrogen-bond donors (Lipinski definition) is 0. The van der Waals surface area contributed by atoms with E-state index in [0.29, 0.717) is 15.8 Å². The number of carbonyl (C=O) groups excluding carboxylic acids is 1. The molecule has 0 aliphatic carbocycles. The third-order valence-corrected chi connectivity index (χ3v) is 3.31. The van der Waals surface area contributed by atoms with Gasteiger partial charge in [0.05, 0.1) is 7.11 Å². The second kappa shape index (κ2) is 4.97. The number of Topliss-reactive ketones (excluding diaryl/α,β-unsaturated/α-hetero) is 1. The maximum atomic E-state index is 11.6. The van der Waals surface area contributed by atoms with Crippen molar-refractivity contribution in [3.63, 3.8) is 0 Å². The van der Waals surface area contributed by atoms with Gasteiger partial charge in [-0.1, -0.05) is 0 Å². The minimum absolute atomic E-state index is 0.339. The summed E-state index contributed by atoms with van der Waals surface area (Å²) in [6, 6.07) is 4.77. The molecule has 0 N–H and O–H groups in total. The summed E-state index contributed by atoms with van der Waals surface area (Å²) in [5.74, 6) is -0.322. The first-order valence-corrected chi connectivity index (χ1v) is 7.23. The van der Waals surface area contributed by atoms with Gasteiger partial charge in [0, 0.05) is 16.3 Å². The maximum absolute atomic E-state index is 11.6. The van der Waals surface area contributed by atoms with E-state index in [1.54, 1.807) is 12.1 Å². The summed E-state index contributed by atoms with van der Waals surface area (Å²) in [5, 5.41) is 0. The summed E-state index contributed by atoms with van der Waals surface area (Å²) in [6.45, 7) is 0. The van der Waals surface area contributed by atoms with Crippen LogP contribution >= 0.6 is 15.9 Å². The minimum atomic E-state index is -3.31. The first kappa shape index (κ1) is 13.2. The van der Waals surface area contributed by atoms with Crippen molar-refractivity contribution in [2.24, 2.45) is 0 Å². The Morgan fingerprint density at radius 1 is 1.44 bits per heavy atom. The molecule has 16 heavy (non-hydrogen) atoms. The van der Waals surface area contributed by atoms with Crippen LogP contribution in [-0.4, -0.2) is 33.3 Å². The first-order valence-electron chi connectivity index (χ1n) is 4.38. The molecule has 0 aromatic heterocycles. The lowest BCUT2D eigenvalue weighted by Gasteiger charge is -2.05. The summed E-state index contributed by atoms with van der Waals surface area (Å²) in [6.07, 6.45) is 1.03. The van der Waals surface area contributed by atoms with Crippen molar-refractivity contribution in [3.05, 3.63) is 28.2 Å². The van der Waals surface area contributed by atoms with Gasteiger partial charge >= 0.3 is 0 Å². The standard InChI is InChI=1S/C10H11BrO4S/c1-15-7-3-4-8(9(11)5-7)10(12)6-16(2,13)14/h3-5H,6H2,1-2H3. The van der Waals surface area contributed by atoms with Gasteiger partial charge in [0.25, 0.3) is 0 Å². The van der Waals surface area contributed by atoms with E-state index in [1.165, 1.54) is 13.2 Å². The van der Waals surface area contributed by atoms with Crippen LogP contribution in [0.3, 0.4) is 0 Å². The van der Waals surface area contributed by atoms with Crippen molar-refractivity contribution < 1.29 is 17.9 Å². The lowest BCUT2D eigenvalue weighted by atomic mass is 10.1. The van der Waals surface area contributed by atoms with E-state index in [0.717, 1.165) is 6.26 Å². The number of ether oxygens (including phenoxy) is 1. The van der Waals surface area contributed by atoms with Gasteiger partial charge < -0.3 is 4.74 Å². The highest BCUT2D eigenvalue weighted by Crippen LogP contribution is 2.23. The number of ketones is 1. The van der Waals surface area contributed by atoms with E-state index >= 15 is 0 Å². The smallest absolute Gasteiger partial charge is 0.178 e. The molecule has 6 heteroatoms. The Morgan fingerprint density at radius 2 is 2.06 bits per heavy atom. The average molecular weight is 307 g/mol. The predicted octanol–water partition coefficient (Wildman–Crippen LogP) is 1.69. The molecular formula is C10H11BrO4S. The Hall–Kier alpha value is -0.880. The maximum Gasteiger partial charge on any atom is 0.178 e. The van der Waals surface area contributed by atoms with Crippen molar-refractivity contribution in [3.8, 4) is 5.75 Å². The van der Waals surface area contributed by atoms with Gasteiger partial charge in [0.15, 0.2) is 15.6 Å². The molecule has 1 aromatic carbocycles. The molecule has 88 valence electrons. The molecule has 0 atom stereocenters. The summed E-state index contributed by atoms with van der Waals surface area (Å²) >= 11 is 3.20. The monoisotopic (exact) mass is 306 g/mol. The van der Waals surface area contributed by atoms with Crippen molar-refractivity contribution in [1.82, 2.24) is 0 Å². The quantitative estimate of drug-likeness (QED) is 0.794. The Morgan fingerprint density at radius 3 is 2.50 bits per heavy atom. The van der Waals surface area contributed by atoms with Crippen molar-refractivity contribution in [1.29, 1.82) is 0 Å². The van der Waals surface area contributed by atoms with Gasteiger partial charge in [-0.2, -0.15) is 0 Å². The van der Waals surface area contributed by atoms with Gasteiger partial charge in [-0.15, -0.1) is 0 Å². The van der Waals surface area contributed by atoms with Crippen LogP contribution in [0.4, 0.5) is 0 Å². The SMILES string of the molecule is COc1ccc(C(=O)CS(C)(=O)=O)c(Br)c1. The fourth-order valence-electron chi connectivity index (χ4n) is 1.16. The summed E-state index contributed by atoms with van der Waals surface area (Å²) < 4.78 is 27.5. The molecular weight excluding hydrogens is 296 g/mol. The summed E-state index contributed by atoms with van der Waals surface area (Å²) in [5.41, 5.74) is 0.339. The van der Waals surface area contributed by atoms with E-state index in [1.807, 2.05) is 0 Å². The zero-order valence-corrected chi connectivity index (χ0v) is 11.3. The van der Waals surface area contributed by atoms with Crippen LogP contribution in [0.1, 0.15) is 10.4 Å². The topological polar surface area (TPSA) is 60.4 Å². The van der Waals surface area contributed by atoms with E-state index < -0.39 is 21.4 Å². The zero-order valence-electron chi connectivity index (χ0n) is 8.86. The number of carbonyl (C=O) groups is 1. The second-order valence-electron chi connectivity index (χ2n) is 3.34. The molecule has 0 spiro atoms. The van der Waals surface area contributed by atoms with Crippen molar-refractivity contribution in [2.75, 3.05) is 19.1 Å². The molecule has 0 bridgehead atoms. The largest absolute Gasteiger partial charge is 0.497 e. The predicted molar refractivity (Wildman–Crippen MR) is 64.7 cm³/mol. The number of rotatable bonds is 4. The zero-order chi connectivity index (χ0) is 12.3. The third-order valence-electron chi connectivity index (χ3n) is 1.87. The van der Waals surface area contributed by atoms with Crippen LogP contribution in [-0.2, 0) is 9.84 Å². The molecule has 0 unspecified atom stereocenters.